The fraction of sp³-hybridized carbons (Fsp3) is 0.118. The maximum absolute atomic E-state index is 13.7. The van der Waals surface area contributed by atoms with Crippen LogP contribution in [0.4, 0.5) is 4.39 Å². The molecule has 2 aromatic carbocycles. The Hall–Kier alpha value is -2.04. The first kappa shape index (κ1) is 13.9. The summed E-state index contributed by atoms with van der Waals surface area (Å²) in [7, 11) is 0. The molecule has 0 bridgehead atoms. The highest BCUT2D eigenvalue weighted by atomic mass is 32.1. The molecule has 1 aromatic heterocycles. The Balaban J connectivity index is 1.85. The third-order valence-electron chi connectivity index (χ3n) is 3.26. The van der Waals surface area contributed by atoms with E-state index < -0.39 is 0 Å². The van der Waals surface area contributed by atoms with Crippen molar-refractivity contribution in [1.82, 2.24) is 4.98 Å². The minimum Gasteiger partial charge on any atom is -0.392 e. The summed E-state index contributed by atoms with van der Waals surface area (Å²) >= 11 is 1.52. The molecule has 1 N–H and O–H groups in total. The van der Waals surface area contributed by atoms with Crippen LogP contribution in [-0.2, 0) is 13.0 Å². The number of aliphatic hydroxyl groups is 1. The number of thiazole rings is 1. The highest BCUT2D eigenvalue weighted by Gasteiger charge is 2.08. The fourth-order valence-corrected chi connectivity index (χ4v) is 2.98. The van der Waals surface area contributed by atoms with Gasteiger partial charge in [0.2, 0.25) is 0 Å². The summed E-state index contributed by atoms with van der Waals surface area (Å²) in [5.74, 6) is -0.198. The number of aromatic nitrogens is 1. The molecule has 4 heteroatoms. The van der Waals surface area contributed by atoms with Gasteiger partial charge in [0.25, 0.3) is 0 Å². The van der Waals surface area contributed by atoms with E-state index in [0.29, 0.717) is 12.0 Å². The predicted octanol–water partition coefficient (Wildman–Crippen LogP) is 4.03. The number of rotatable bonds is 4. The monoisotopic (exact) mass is 299 g/mol. The van der Waals surface area contributed by atoms with Crippen LogP contribution in [0.2, 0.25) is 0 Å². The second-order valence-corrected chi connectivity index (χ2v) is 5.70. The zero-order chi connectivity index (χ0) is 14.7. The molecule has 0 aliphatic heterocycles. The lowest BCUT2D eigenvalue weighted by Crippen LogP contribution is -1.91. The van der Waals surface area contributed by atoms with Gasteiger partial charge in [0.15, 0.2) is 0 Å². The third-order valence-corrected chi connectivity index (χ3v) is 4.11. The second kappa shape index (κ2) is 6.16. The SMILES string of the molecule is OCc1cccc(-c2csc(Cc3ccccc3F)n2)c1. The van der Waals surface area contributed by atoms with E-state index in [-0.39, 0.29) is 12.4 Å². The molecule has 0 fully saturated rings. The van der Waals surface area contributed by atoms with Crippen molar-refractivity contribution in [2.75, 3.05) is 0 Å². The van der Waals surface area contributed by atoms with Crippen LogP contribution in [0.1, 0.15) is 16.1 Å². The number of nitrogens with zero attached hydrogens (tertiary/aromatic N) is 1. The fourth-order valence-electron chi connectivity index (χ4n) is 2.16. The van der Waals surface area contributed by atoms with Crippen LogP contribution in [-0.4, -0.2) is 10.1 Å². The van der Waals surface area contributed by atoms with Crippen molar-refractivity contribution >= 4 is 11.3 Å². The molecular weight excluding hydrogens is 285 g/mol. The van der Waals surface area contributed by atoms with Crippen LogP contribution in [0.3, 0.4) is 0 Å². The van der Waals surface area contributed by atoms with Crippen LogP contribution < -0.4 is 0 Å². The van der Waals surface area contributed by atoms with Gasteiger partial charge in [0, 0.05) is 17.4 Å². The molecule has 0 atom stereocenters. The molecular formula is C17H14FNOS. The van der Waals surface area contributed by atoms with Crippen molar-refractivity contribution in [2.45, 2.75) is 13.0 Å². The van der Waals surface area contributed by atoms with Gasteiger partial charge in [-0.25, -0.2) is 9.37 Å². The van der Waals surface area contributed by atoms with E-state index in [1.807, 2.05) is 35.7 Å². The lowest BCUT2D eigenvalue weighted by atomic mass is 10.1. The molecule has 1 heterocycles. The normalized spacial score (nSPS) is 10.8. The molecule has 2 nitrogen and oxygen atoms in total. The Bertz CT molecular complexity index is 754. The topological polar surface area (TPSA) is 33.1 Å². The molecule has 3 rings (SSSR count). The Morgan fingerprint density at radius 3 is 2.76 bits per heavy atom. The van der Waals surface area contributed by atoms with Crippen molar-refractivity contribution < 1.29 is 9.50 Å². The van der Waals surface area contributed by atoms with Gasteiger partial charge < -0.3 is 5.11 Å². The zero-order valence-corrected chi connectivity index (χ0v) is 12.1. The van der Waals surface area contributed by atoms with Crippen molar-refractivity contribution in [3.63, 3.8) is 0 Å². The van der Waals surface area contributed by atoms with Crippen molar-refractivity contribution in [2.24, 2.45) is 0 Å². The summed E-state index contributed by atoms with van der Waals surface area (Å²) in [5.41, 5.74) is 3.35. The Morgan fingerprint density at radius 1 is 1.10 bits per heavy atom. The summed E-state index contributed by atoms with van der Waals surface area (Å²) in [4.78, 5) is 4.56. The van der Waals surface area contributed by atoms with E-state index in [1.54, 1.807) is 12.1 Å². The summed E-state index contributed by atoms with van der Waals surface area (Å²) in [5, 5.41) is 12.0. The van der Waals surface area contributed by atoms with Gasteiger partial charge in [-0.2, -0.15) is 0 Å². The second-order valence-electron chi connectivity index (χ2n) is 4.75. The van der Waals surface area contributed by atoms with Gasteiger partial charge in [-0.1, -0.05) is 36.4 Å². The highest BCUT2D eigenvalue weighted by Crippen LogP contribution is 2.24. The summed E-state index contributed by atoms with van der Waals surface area (Å²) < 4.78 is 13.7. The van der Waals surface area contributed by atoms with Gasteiger partial charge in [0.1, 0.15) is 5.82 Å². The maximum atomic E-state index is 13.7. The number of benzene rings is 2. The van der Waals surface area contributed by atoms with E-state index in [4.69, 9.17) is 0 Å². The minimum atomic E-state index is -0.198. The van der Waals surface area contributed by atoms with E-state index in [2.05, 4.69) is 4.98 Å². The van der Waals surface area contributed by atoms with Crippen LogP contribution in [0.5, 0.6) is 0 Å². The van der Waals surface area contributed by atoms with Crippen molar-refractivity contribution in [1.29, 1.82) is 0 Å². The standard InChI is InChI=1S/C17H14FNOS/c18-15-7-2-1-5-13(15)9-17-19-16(11-21-17)14-6-3-4-12(8-14)10-20/h1-8,11,20H,9-10H2. The summed E-state index contributed by atoms with van der Waals surface area (Å²) in [6, 6.07) is 14.4. The first-order valence-electron chi connectivity index (χ1n) is 6.64. The lowest BCUT2D eigenvalue weighted by molar-refractivity contribution is 0.282. The van der Waals surface area contributed by atoms with Crippen molar-refractivity contribution in [3.05, 3.63) is 75.9 Å². The number of hydrogen-bond acceptors (Lipinski definition) is 3. The van der Waals surface area contributed by atoms with Crippen LogP contribution in [0.15, 0.2) is 53.9 Å². The predicted molar refractivity (Wildman–Crippen MR) is 82.7 cm³/mol. The van der Waals surface area contributed by atoms with E-state index in [1.165, 1.54) is 17.4 Å². The largest absolute Gasteiger partial charge is 0.392 e. The third kappa shape index (κ3) is 3.17. The van der Waals surface area contributed by atoms with Gasteiger partial charge in [-0.15, -0.1) is 11.3 Å². The first-order valence-corrected chi connectivity index (χ1v) is 7.52. The summed E-state index contributed by atoms with van der Waals surface area (Å²) in [6.45, 7) is 0.0139. The van der Waals surface area contributed by atoms with E-state index in [9.17, 15) is 9.50 Å². The molecule has 0 radical (unpaired) electrons. The van der Waals surface area contributed by atoms with Crippen LogP contribution in [0, 0.1) is 5.82 Å². The average Bonchev–Trinajstić information content (AvgIpc) is 2.98. The Kier molecular flexibility index (Phi) is 4.08. The number of halogens is 1. The van der Waals surface area contributed by atoms with Crippen LogP contribution >= 0.6 is 11.3 Å². The number of hydrogen-bond donors (Lipinski definition) is 1. The quantitative estimate of drug-likeness (QED) is 0.789. The minimum absolute atomic E-state index is 0.0139. The molecule has 21 heavy (non-hydrogen) atoms. The summed E-state index contributed by atoms with van der Waals surface area (Å²) in [6.07, 6.45) is 0.497. The molecule has 0 spiro atoms. The maximum Gasteiger partial charge on any atom is 0.126 e. The van der Waals surface area contributed by atoms with Gasteiger partial charge >= 0.3 is 0 Å². The average molecular weight is 299 g/mol. The number of aliphatic hydroxyl groups excluding tert-OH is 1. The lowest BCUT2D eigenvalue weighted by Gasteiger charge is -2.01. The first-order chi connectivity index (χ1) is 10.3. The van der Waals surface area contributed by atoms with Gasteiger partial charge in [0.05, 0.1) is 17.3 Å². The molecule has 0 aliphatic carbocycles. The molecule has 0 aliphatic rings. The molecule has 0 amide bonds. The molecule has 106 valence electrons. The van der Waals surface area contributed by atoms with E-state index in [0.717, 1.165) is 21.8 Å². The van der Waals surface area contributed by atoms with Gasteiger partial charge in [-0.3, -0.25) is 0 Å². The molecule has 0 saturated carbocycles. The smallest absolute Gasteiger partial charge is 0.126 e. The van der Waals surface area contributed by atoms with Crippen LogP contribution in [0.25, 0.3) is 11.3 Å². The van der Waals surface area contributed by atoms with E-state index >= 15 is 0 Å². The Labute approximate surface area is 126 Å². The zero-order valence-electron chi connectivity index (χ0n) is 11.3. The Morgan fingerprint density at radius 2 is 1.95 bits per heavy atom. The molecule has 3 aromatic rings. The molecule has 0 unspecified atom stereocenters. The van der Waals surface area contributed by atoms with Crippen molar-refractivity contribution in [3.8, 4) is 11.3 Å². The highest BCUT2D eigenvalue weighted by molar-refractivity contribution is 7.10. The van der Waals surface area contributed by atoms with Gasteiger partial charge in [-0.05, 0) is 23.3 Å². The molecule has 0 saturated heterocycles.